The number of aryl methyl sites for hydroxylation is 3. The zero-order valence-electron chi connectivity index (χ0n) is 17.3. The van der Waals surface area contributed by atoms with E-state index in [0.29, 0.717) is 22.0 Å². The maximum absolute atomic E-state index is 13.5. The molecule has 1 aliphatic rings. The van der Waals surface area contributed by atoms with Crippen LogP contribution in [0.4, 0.5) is 15.8 Å². The molecule has 0 aromatic heterocycles. The summed E-state index contributed by atoms with van der Waals surface area (Å²) >= 11 is 6.13. The Bertz CT molecular complexity index is 1250. The highest BCUT2D eigenvalue weighted by Crippen LogP contribution is 2.35. The summed E-state index contributed by atoms with van der Waals surface area (Å²) in [5.74, 6) is -1.37. The van der Waals surface area contributed by atoms with Crippen LogP contribution in [-0.4, -0.2) is 11.8 Å². The Kier molecular flexibility index (Phi) is 5.38. The van der Waals surface area contributed by atoms with E-state index < -0.39 is 17.6 Å². The summed E-state index contributed by atoms with van der Waals surface area (Å²) in [6, 6.07) is 16.2. The predicted molar refractivity (Wildman–Crippen MR) is 122 cm³/mol. The second-order valence-electron chi connectivity index (χ2n) is 7.56. The van der Waals surface area contributed by atoms with Crippen molar-refractivity contribution in [3.63, 3.8) is 0 Å². The molecule has 1 heterocycles. The number of nitrogens with one attached hydrogen (secondary N) is 1. The van der Waals surface area contributed by atoms with E-state index in [1.54, 1.807) is 24.3 Å². The van der Waals surface area contributed by atoms with Crippen LogP contribution < -0.4 is 10.2 Å². The van der Waals surface area contributed by atoms with Crippen LogP contribution in [0.2, 0.25) is 5.02 Å². The third-order valence-corrected chi connectivity index (χ3v) is 5.66. The van der Waals surface area contributed by atoms with Gasteiger partial charge in [-0.05, 0) is 79.4 Å². The zero-order chi connectivity index (χ0) is 22.3. The van der Waals surface area contributed by atoms with Crippen LogP contribution in [0.25, 0.3) is 5.57 Å². The van der Waals surface area contributed by atoms with Gasteiger partial charge in [0.1, 0.15) is 11.5 Å². The Morgan fingerprint density at radius 3 is 2.16 bits per heavy atom. The molecule has 3 aromatic carbocycles. The van der Waals surface area contributed by atoms with Crippen molar-refractivity contribution in [3.8, 4) is 0 Å². The fraction of sp³-hybridized carbons (Fsp3) is 0.120. The molecule has 1 aliphatic heterocycles. The Hall–Kier alpha value is -3.44. The van der Waals surface area contributed by atoms with Crippen LogP contribution in [0.1, 0.15) is 22.3 Å². The summed E-state index contributed by atoms with van der Waals surface area (Å²) < 4.78 is 13.5. The average Bonchev–Trinajstić information content (AvgIpc) is 2.97. The number of hydrogen-bond donors (Lipinski definition) is 1. The molecule has 4 rings (SSSR count). The van der Waals surface area contributed by atoms with Gasteiger partial charge in [0.05, 0.1) is 11.3 Å². The molecule has 0 atom stereocenters. The van der Waals surface area contributed by atoms with Gasteiger partial charge in [-0.2, -0.15) is 0 Å². The lowest BCUT2D eigenvalue weighted by molar-refractivity contribution is -0.120. The van der Waals surface area contributed by atoms with Crippen molar-refractivity contribution < 1.29 is 14.0 Å². The molecule has 156 valence electrons. The normalized spacial score (nSPS) is 13.9. The number of rotatable bonds is 4. The van der Waals surface area contributed by atoms with Gasteiger partial charge in [0.2, 0.25) is 0 Å². The highest BCUT2D eigenvalue weighted by molar-refractivity contribution is 6.46. The molecule has 1 N–H and O–H groups in total. The summed E-state index contributed by atoms with van der Waals surface area (Å²) in [5.41, 5.74) is 4.75. The quantitative estimate of drug-likeness (QED) is 0.528. The summed E-state index contributed by atoms with van der Waals surface area (Å²) in [4.78, 5) is 28.0. The largest absolute Gasteiger partial charge is 0.350 e. The van der Waals surface area contributed by atoms with E-state index >= 15 is 0 Å². The summed E-state index contributed by atoms with van der Waals surface area (Å²) in [6.07, 6.45) is 0. The van der Waals surface area contributed by atoms with Gasteiger partial charge in [0.15, 0.2) is 0 Å². The molecule has 6 heteroatoms. The van der Waals surface area contributed by atoms with Gasteiger partial charge >= 0.3 is 0 Å². The first-order valence-electron chi connectivity index (χ1n) is 9.75. The molecule has 0 saturated heterocycles. The average molecular weight is 435 g/mol. The third-order valence-electron chi connectivity index (χ3n) is 5.42. The van der Waals surface area contributed by atoms with Crippen molar-refractivity contribution in [2.24, 2.45) is 0 Å². The topological polar surface area (TPSA) is 49.4 Å². The molecule has 0 fully saturated rings. The second kappa shape index (κ2) is 8.00. The first-order chi connectivity index (χ1) is 14.8. The van der Waals surface area contributed by atoms with Crippen LogP contribution in [0.3, 0.4) is 0 Å². The summed E-state index contributed by atoms with van der Waals surface area (Å²) in [7, 11) is 0. The van der Waals surface area contributed by atoms with E-state index in [1.165, 1.54) is 24.3 Å². The molecule has 0 aliphatic carbocycles. The van der Waals surface area contributed by atoms with Crippen LogP contribution in [0.5, 0.6) is 0 Å². The lowest BCUT2D eigenvalue weighted by Gasteiger charge is -2.17. The molecule has 0 bridgehead atoms. The molecule has 4 nitrogen and oxygen atoms in total. The second-order valence-corrected chi connectivity index (χ2v) is 7.99. The molecular weight excluding hydrogens is 415 g/mol. The third kappa shape index (κ3) is 3.84. The molecule has 0 unspecified atom stereocenters. The molecule has 0 spiro atoms. The molecule has 3 aromatic rings. The van der Waals surface area contributed by atoms with E-state index in [9.17, 15) is 14.0 Å². The molecule has 0 saturated carbocycles. The van der Waals surface area contributed by atoms with Crippen molar-refractivity contribution in [2.75, 3.05) is 10.2 Å². The number of carbonyl (C=O) groups excluding carboxylic acids is 2. The van der Waals surface area contributed by atoms with Gasteiger partial charge in [-0.3, -0.25) is 9.59 Å². The number of amides is 2. The first-order valence-corrected chi connectivity index (χ1v) is 10.1. The Balaban J connectivity index is 1.85. The number of hydrogen-bond acceptors (Lipinski definition) is 3. The van der Waals surface area contributed by atoms with Crippen LogP contribution in [-0.2, 0) is 9.59 Å². The minimum atomic E-state index is -0.480. The lowest BCUT2D eigenvalue weighted by atomic mass is 10.0. The number of benzene rings is 3. The van der Waals surface area contributed by atoms with Crippen molar-refractivity contribution in [2.45, 2.75) is 20.8 Å². The minimum absolute atomic E-state index is 0.125. The number of imide groups is 1. The standard InChI is InChI=1S/C25H20ClFN2O2/c1-14-5-11-20(12-16(14)3)29-24(30)22(17-6-9-19(27)10-7-17)23(25(29)31)28-21-13-18(26)8-4-15(21)2/h4-13,28H,1-3H3. The SMILES string of the molecule is Cc1ccc(N2C(=O)C(Nc3cc(Cl)ccc3C)=C(c3ccc(F)cc3)C2=O)cc1C. The Morgan fingerprint density at radius 2 is 1.48 bits per heavy atom. The predicted octanol–water partition coefficient (Wildman–Crippen LogP) is 5.80. The van der Waals surface area contributed by atoms with Crippen molar-refractivity contribution in [3.05, 3.63) is 99.5 Å². The van der Waals surface area contributed by atoms with E-state index in [4.69, 9.17) is 11.6 Å². The van der Waals surface area contributed by atoms with E-state index in [2.05, 4.69) is 5.32 Å². The number of nitrogens with zero attached hydrogens (tertiary/aromatic N) is 1. The van der Waals surface area contributed by atoms with Gasteiger partial charge in [-0.1, -0.05) is 35.9 Å². The van der Waals surface area contributed by atoms with Gasteiger partial charge in [0.25, 0.3) is 11.8 Å². The van der Waals surface area contributed by atoms with Crippen LogP contribution in [0.15, 0.2) is 66.4 Å². The maximum Gasteiger partial charge on any atom is 0.282 e. The smallest absolute Gasteiger partial charge is 0.282 e. The van der Waals surface area contributed by atoms with Gasteiger partial charge in [-0.25, -0.2) is 9.29 Å². The minimum Gasteiger partial charge on any atom is -0.350 e. The van der Waals surface area contributed by atoms with Gasteiger partial charge in [-0.15, -0.1) is 0 Å². The highest BCUT2D eigenvalue weighted by Gasteiger charge is 2.40. The molecular formula is C25H20ClFN2O2. The van der Waals surface area contributed by atoms with Gasteiger partial charge < -0.3 is 5.32 Å². The van der Waals surface area contributed by atoms with E-state index in [1.807, 2.05) is 32.9 Å². The monoisotopic (exact) mass is 434 g/mol. The van der Waals surface area contributed by atoms with E-state index in [-0.39, 0.29) is 11.3 Å². The molecule has 2 amide bonds. The Labute approximate surface area is 185 Å². The maximum atomic E-state index is 13.5. The van der Waals surface area contributed by atoms with Crippen molar-refractivity contribution in [1.29, 1.82) is 0 Å². The summed E-state index contributed by atoms with van der Waals surface area (Å²) in [6.45, 7) is 5.76. The fourth-order valence-electron chi connectivity index (χ4n) is 3.49. The molecule has 31 heavy (non-hydrogen) atoms. The zero-order valence-corrected chi connectivity index (χ0v) is 18.0. The first kappa shape index (κ1) is 20.8. The summed E-state index contributed by atoms with van der Waals surface area (Å²) in [5, 5.41) is 3.61. The lowest BCUT2D eigenvalue weighted by Crippen LogP contribution is -2.32. The van der Waals surface area contributed by atoms with Crippen molar-refractivity contribution >= 4 is 40.4 Å². The van der Waals surface area contributed by atoms with Gasteiger partial charge in [0, 0.05) is 10.7 Å². The number of anilines is 2. The number of halogens is 2. The molecule has 0 radical (unpaired) electrons. The van der Waals surface area contributed by atoms with Crippen LogP contribution in [0, 0.1) is 26.6 Å². The van der Waals surface area contributed by atoms with Crippen LogP contribution >= 0.6 is 11.6 Å². The Morgan fingerprint density at radius 1 is 0.806 bits per heavy atom. The van der Waals surface area contributed by atoms with E-state index in [0.717, 1.165) is 21.6 Å². The number of carbonyl (C=O) groups is 2. The fourth-order valence-corrected chi connectivity index (χ4v) is 3.66. The van der Waals surface area contributed by atoms with Crippen molar-refractivity contribution in [1.82, 2.24) is 0 Å². The highest BCUT2D eigenvalue weighted by atomic mass is 35.5.